The van der Waals surface area contributed by atoms with E-state index in [-0.39, 0.29) is 11.9 Å². The van der Waals surface area contributed by atoms with E-state index in [2.05, 4.69) is 0 Å². The number of esters is 2. The zero-order valence-electron chi connectivity index (χ0n) is 15.5. The highest BCUT2D eigenvalue weighted by atomic mass is 16.6. The quantitative estimate of drug-likeness (QED) is 0.753. The smallest absolute Gasteiger partial charge is 0.343 e. The molecule has 0 amide bonds. The first-order valence-corrected chi connectivity index (χ1v) is 9.07. The van der Waals surface area contributed by atoms with Crippen molar-refractivity contribution in [2.24, 2.45) is 5.41 Å². The molecule has 1 aliphatic carbocycles. The Kier molecular flexibility index (Phi) is 4.48. The van der Waals surface area contributed by atoms with Crippen LogP contribution in [0.4, 0.5) is 0 Å². The zero-order valence-corrected chi connectivity index (χ0v) is 15.5. The Hall–Kier alpha value is -2.10. The van der Waals surface area contributed by atoms with Crippen LogP contribution in [-0.4, -0.2) is 17.5 Å². The summed E-state index contributed by atoms with van der Waals surface area (Å²) in [6.07, 6.45) is 4.02. The fourth-order valence-corrected chi connectivity index (χ4v) is 3.48. The maximum Gasteiger partial charge on any atom is 0.343 e. The maximum absolute atomic E-state index is 12.7. The van der Waals surface area contributed by atoms with Crippen LogP contribution in [0.1, 0.15) is 64.0 Å². The van der Waals surface area contributed by atoms with E-state index in [0.717, 1.165) is 24.0 Å². The SMILES string of the molecule is CCC(C)(C)C(=O)OC1=C(c2ccccc2C)C(=O)OC12CCCC2. The first kappa shape index (κ1) is 17.7. The molecule has 0 unspecified atom stereocenters. The van der Waals surface area contributed by atoms with Crippen LogP contribution >= 0.6 is 0 Å². The Balaban J connectivity index is 2.12. The van der Waals surface area contributed by atoms with Gasteiger partial charge in [0.05, 0.1) is 5.41 Å². The average Bonchev–Trinajstić information content (AvgIpc) is 3.14. The molecular weight excluding hydrogens is 316 g/mol. The number of hydrogen-bond donors (Lipinski definition) is 0. The molecule has 1 saturated carbocycles. The molecule has 0 atom stereocenters. The van der Waals surface area contributed by atoms with Crippen LogP contribution in [0.15, 0.2) is 30.0 Å². The standard InChI is InChI=1S/C21H26O4/c1-5-20(3,4)19(23)24-17-16(15-11-7-6-10-14(15)2)18(22)25-21(17)12-8-9-13-21/h6-7,10-11H,5,8-9,12-13H2,1-4H3. The van der Waals surface area contributed by atoms with Crippen LogP contribution in [0, 0.1) is 12.3 Å². The molecule has 2 aliphatic rings. The van der Waals surface area contributed by atoms with Crippen LogP contribution in [-0.2, 0) is 19.1 Å². The summed E-state index contributed by atoms with van der Waals surface area (Å²) in [4.78, 5) is 25.5. The predicted octanol–water partition coefficient (Wildman–Crippen LogP) is 4.56. The number of rotatable bonds is 4. The summed E-state index contributed by atoms with van der Waals surface area (Å²) in [7, 11) is 0. The van der Waals surface area contributed by atoms with Crippen molar-refractivity contribution in [3.05, 3.63) is 41.2 Å². The molecule has 134 valence electrons. The third-order valence-electron chi connectivity index (χ3n) is 5.59. The Labute approximate surface area is 149 Å². The largest absolute Gasteiger partial charge is 0.447 e. The minimum absolute atomic E-state index is 0.305. The molecule has 4 nitrogen and oxygen atoms in total. The van der Waals surface area contributed by atoms with Gasteiger partial charge in [-0.1, -0.05) is 31.2 Å². The topological polar surface area (TPSA) is 52.6 Å². The summed E-state index contributed by atoms with van der Waals surface area (Å²) >= 11 is 0. The number of carbonyl (C=O) groups is 2. The lowest BCUT2D eigenvalue weighted by atomic mass is 9.89. The molecule has 0 saturated heterocycles. The van der Waals surface area contributed by atoms with E-state index in [1.54, 1.807) is 0 Å². The molecule has 0 radical (unpaired) electrons. The van der Waals surface area contributed by atoms with Crippen molar-refractivity contribution in [1.82, 2.24) is 0 Å². The highest BCUT2D eigenvalue weighted by molar-refractivity contribution is 6.20. The van der Waals surface area contributed by atoms with Gasteiger partial charge in [-0.15, -0.1) is 0 Å². The van der Waals surface area contributed by atoms with Gasteiger partial charge < -0.3 is 9.47 Å². The number of aryl methyl sites for hydroxylation is 1. The van der Waals surface area contributed by atoms with Gasteiger partial charge in [-0.25, -0.2) is 4.79 Å². The summed E-state index contributed by atoms with van der Waals surface area (Å²) in [6.45, 7) is 7.63. The maximum atomic E-state index is 12.7. The minimum atomic E-state index is -0.770. The second-order valence-corrected chi connectivity index (χ2v) is 7.74. The lowest BCUT2D eigenvalue weighted by molar-refractivity contribution is -0.157. The highest BCUT2D eigenvalue weighted by Crippen LogP contribution is 2.49. The second-order valence-electron chi connectivity index (χ2n) is 7.74. The van der Waals surface area contributed by atoms with Gasteiger partial charge in [0, 0.05) is 0 Å². The van der Waals surface area contributed by atoms with E-state index in [4.69, 9.17) is 9.47 Å². The lowest BCUT2D eigenvalue weighted by Gasteiger charge is -2.28. The fourth-order valence-electron chi connectivity index (χ4n) is 3.48. The summed E-state index contributed by atoms with van der Waals surface area (Å²) < 4.78 is 11.7. The van der Waals surface area contributed by atoms with Crippen molar-refractivity contribution in [3.8, 4) is 0 Å². The number of benzene rings is 1. The summed E-state index contributed by atoms with van der Waals surface area (Å²) in [6, 6.07) is 7.65. The Morgan fingerprint density at radius 3 is 2.48 bits per heavy atom. The zero-order chi connectivity index (χ0) is 18.2. The summed E-state index contributed by atoms with van der Waals surface area (Å²) in [5.41, 5.74) is 0.796. The monoisotopic (exact) mass is 342 g/mol. The van der Waals surface area contributed by atoms with E-state index in [1.807, 2.05) is 52.0 Å². The van der Waals surface area contributed by atoms with Crippen molar-refractivity contribution in [2.45, 2.75) is 65.4 Å². The molecule has 0 bridgehead atoms. The summed E-state index contributed by atoms with van der Waals surface area (Å²) in [5, 5.41) is 0. The molecule has 0 aromatic heterocycles. The molecule has 1 aromatic rings. The van der Waals surface area contributed by atoms with Gasteiger partial charge >= 0.3 is 11.9 Å². The van der Waals surface area contributed by atoms with Gasteiger partial charge in [-0.3, -0.25) is 4.79 Å². The van der Waals surface area contributed by atoms with Crippen LogP contribution in [0.25, 0.3) is 5.57 Å². The Morgan fingerprint density at radius 1 is 1.24 bits per heavy atom. The minimum Gasteiger partial charge on any atom is -0.447 e. The average molecular weight is 342 g/mol. The van der Waals surface area contributed by atoms with E-state index < -0.39 is 11.0 Å². The highest BCUT2D eigenvalue weighted by Gasteiger charge is 2.53. The van der Waals surface area contributed by atoms with Crippen LogP contribution < -0.4 is 0 Å². The van der Waals surface area contributed by atoms with Gasteiger partial charge in [0.15, 0.2) is 11.4 Å². The van der Waals surface area contributed by atoms with E-state index >= 15 is 0 Å². The van der Waals surface area contributed by atoms with Crippen molar-refractivity contribution < 1.29 is 19.1 Å². The number of carbonyl (C=O) groups excluding carboxylic acids is 2. The van der Waals surface area contributed by atoms with Crippen LogP contribution in [0.3, 0.4) is 0 Å². The van der Waals surface area contributed by atoms with E-state index in [9.17, 15) is 9.59 Å². The van der Waals surface area contributed by atoms with Crippen molar-refractivity contribution in [2.75, 3.05) is 0 Å². The van der Waals surface area contributed by atoms with E-state index in [0.29, 0.717) is 30.6 Å². The van der Waals surface area contributed by atoms with Crippen LogP contribution in [0.2, 0.25) is 0 Å². The first-order valence-electron chi connectivity index (χ1n) is 9.07. The molecule has 4 heteroatoms. The van der Waals surface area contributed by atoms with Crippen molar-refractivity contribution in [1.29, 1.82) is 0 Å². The Morgan fingerprint density at radius 2 is 1.88 bits per heavy atom. The van der Waals surface area contributed by atoms with E-state index in [1.165, 1.54) is 0 Å². The summed E-state index contributed by atoms with van der Waals surface area (Å²) in [5.74, 6) is -0.259. The number of ether oxygens (including phenoxy) is 2. The molecule has 1 fully saturated rings. The van der Waals surface area contributed by atoms with Gasteiger partial charge in [0.1, 0.15) is 5.57 Å². The van der Waals surface area contributed by atoms with Crippen molar-refractivity contribution >= 4 is 17.5 Å². The van der Waals surface area contributed by atoms with Crippen molar-refractivity contribution in [3.63, 3.8) is 0 Å². The van der Waals surface area contributed by atoms with Gasteiger partial charge in [-0.2, -0.15) is 0 Å². The third-order valence-corrected chi connectivity index (χ3v) is 5.59. The normalized spacial score (nSPS) is 19.4. The molecular formula is C21H26O4. The third kappa shape index (κ3) is 2.99. The first-order chi connectivity index (χ1) is 11.8. The van der Waals surface area contributed by atoms with Crippen LogP contribution in [0.5, 0.6) is 0 Å². The molecule has 25 heavy (non-hydrogen) atoms. The van der Waals surface area contributed by atoms with Gasteiger partial charge in [-0.05, 0) is 64.0 Å². The fraction of sp³-hybridized carbons (Fsp3) is 0.524. The predicted molar refractivity (Wildman–Crippen MR) is 95.6 cm³/mol. The molecule has 1 aliphatic heterocycles. The van der Waals surface area contributed by atoms with Gasteiger partial charge in [0.2, 0.25) is 0 Å². The molecule has 1 heterocycles. The molecule has 1 aromatic carbocycles. The second kappa shape index (κ2) is 6.32. The number of hydrogen-bond acceptors (Lipinski definition) is 4. The lowest BCUT2D eigenvalue weighted by Crippen LogP contribution is -2.34. The molecule has 0 N–H and O–H groups in total. The molecule has 3 rings (SSSR count). The van der Waals surface area contributed by atoms with Gasteiger partial charge in [0.25, 0.3) is 0 Å². The Bertz CT molecular complexity index is 736. The molecule has 1 spiro atoms.